The van der Waals surface area contributed by atoms with Crippen LogP contribution in [0.15, 0.2) is 60.7 Å². The highest BCUT2D eigenvalue weighted by Crippen LogP contribution is 2.38. The van der Waals surface area contributed by atoms with E-state index in [-0.39, 0.29) is 11.3 Å². The van der Waals surface area contributed by atoms with Crippen molar-refractivity contribution >= 4 is 23.2 Å². The summed E-state index contributed by atoms with van der Waals surface area (Å²) < 4.78 is 11.6. The maximum absolute atomic E-state index is 13.5. The highest BCUT2D eigenvalue weighted by molar-refractivity contribution is 8.00. The van der Waals surface area contributed by atoms with Gasteiger partial charge in [-0.05, 0) is 87.3 Å². The van der Waals surface area contributed by atoms with Gasteiger partial charge >= 0.3 is 0 Å². The molecule has 4 rings (SSSR count). The second kappa shape index (κ2) is 11.5. The van der Waals surface area contributed by atoms with Gasteiger partial charge in [0, 0.05) is 11.3 Å². The predicted octanol–water partition coefficient (Wildman–Crippen LogP) is 5.10. The van der Waals surface area contributed by atoms with E-state index in [4.69, 9.17) is 9.47 Å². The van der Waals surface area contributed by atoms with Gasteiger partial charge in [0.05, 0.1) is 19.3 Å². The molecule has 2 unspecified atom stereocenters. The Bertz CT molecular complexity index is 1100. The van der Waals surface area contributed by atoms with E-state index in [2.05, 4.69) is 73.7 Å². The fourth-order valence-corrected chi connectivity index (χ4v) is 5.85. The van der Waals surface area contributed by atoms with Gasteiger partial charge in [0.15, 0.2) is 0 Å². The van der Waals surface area contributed by atoms with Crippen LogP contribution < -0.4 is 10.1 Å². The molecule has 2 aromatic carbocycles. The van der Waals surface area contributed by atoms with Crippen molar-refractivity contribution in [3.05, 3.63) is 82.9 Å². The largest absolute Gasteiger partial charge is 0.496 e. The van der Waals surface area contributed by atoms with E-state index < -0.39 is 5.54 Å². The number of aryl methyl sites for hydroxylation is 2. The lowest BCUT2D eigenvalue weighted by atomic mass is 9.85. The lowest BCUT2D eigenvalue weighted by Crippen LogP contribution is -2.54. The summed E-state index contributed by atoms with van der Waals surface area (Å²) in [5.41, 5.74) is 4.65. The van der Waals surface area contributed by atoms with Crippen LogP contribution in [-0.4, -0.2) is 61.9 Å². The van der Waals surface area contributed by atoms with E-state index in [0.29, 0.717) is 18.6 Å². The number of carbonyl (C=O) groups is 1. The van der Waals surface area contributed by atoms with Gasteiger partial charge in [-0.1, -0.05) is 42.5 Å². The summed E-state index contributed by atoms with van der Waals surface area (Å²) in [6, 6.07) is 14.1. The molecule has 5 nitrogen and oxygen atoms in total. The second-order valence-electron chi connectivity index (χ2n) is 9.51. The molecule has 1 aliphatic heterocycles. The Morgan fingerprint density at radius 3 is 2.74 bits per heavy atom. The summed E-state index contributed by atoms with van der Waals surface area (Å²) in [6.07, 6.45) is 9.04. The van der Waals surface area contributed by atoms with Gasteiger partial charge in [-0.2, -0.15) is 0 Å². The highest BCUT2D eigenvalue weighted by Gasteiger charge is 2.42. The molecular weight excluding hydrogens is 456 g/mol. The first-order valence-electron chi connectivity index (χ1n) is 12.2. The first kappa shape index (κ1) is 25.5. The first-order valence-corrected chi connectivity index (χ1v) is 13.3. The van der Waals surface area contributed by atoms with Crippen LogP contribution in [0.3, 0.4) is 0 Å². The van der Waals surface area contributed by atoms with E-state index in [0.717, 1.165) is 36.5 Å². The molecular formula is C29H36N2O3S. The molecule has 1 N–H and O–H groups in total. The van der Waals surface area contributed by atoms with Gasteiger partial charge in [0.2, 0.25) is 0 Å². The van der Waals surface area contributed by atoms with E-state index in [1.54, 1.807) is 18.9 Å². The molecule has 186 valence electrons. The Morgan fingerprint density at radius 2 is 2.09 bits per heavy atom. The number of methoxy groups -OCH3 is 1. The Kier molecular flexibility index (Phi) is 8.37. The highest BCUT2D eigenvalue weighted by atomic mass is 32.2. The minimum absolute atomic E-state index is 0.0880. The number of benzene rings is 2. The maximum atomic E-state index is 13.5. The van der Waals surface area contributed by atoms with Crippen molar-refractivity contribution in [1.82, 2.24) is 10.2 Å². The molecule has 0 aromatic heterocycles. The zero-order valence-electron chi connectivity index (χ0n) is 21.2. The summed E-state index contributed by atoms with van der Waals surface area (Å²) in [7, 11) is 5.82. The molecule has 2 aliphatic rings. The number of amides is 1. The van der Waals surface area contributed by atoms with Crippen molar-refractivity contribution in [1.29, 1.82) is 0 Å². The summed E-state index contributed by atoms with van der Waals surface area (Å²) in [6.45, 7) is 3.82. The van der Waals surface area contributed by atoms with Crippen LogP contribution in [0.4, 0.5) is 0 Å². The standard InChI is InChI=1S/C29H36N2O3S/c1-21-8-5-6-10-25(21)22-13-15-29(16-14-22,28-34-18-19-35-28)30-27(32)24-11-12-26(33-4)23(20-24)9-7-17-31(2)3/h5-6,8,10-15,20,28H,7,9,16-19H2,1-4H3,(H,30,32). The number of carbonyl (C=O) groups excluding carboxylic acids is 1. The van der Waals surface area contributed by atoms with Crippen LogP contribution in [0, 0.1) is 6.92 Å². The monoisotopic (exact) mass is 492 g/mol. The van der Waals surface area contributed by atoms with E-state index in [1.807, 2.05) is 18.2 Å². The molecule has 1 heterocycles. The van der Waals surface area contributed by atoms with Gasteiger partial charge < -0.3 is 19.7 Å². The van der Waals surface area contributed by atoms with E-state index in [1.165, 1.54) is 16.7 Å². The Balaban J connectivity index is 1.56. The number of nitrogens with zero attached hydrogens (tertiary/aromatic N) is 1. The molecule has 1 amide bonds. The maximum Gasteiger partial charge on any atom is 0.252 e. The third kappa shape index (κ3) is 6.00. The van der Waals surface area contributed by atoms with Crippen molar-refractivity contribution in [3.8, 4) is 5.75 Å². The summed E-state index contributed by atoms with van der Waals surface area (Å²) >= 11 is 1.77. The lowest BCUT2D eigenvalue weighted by Gasteiger charge is -2.37. The second-order valence-corrected chi connectivity index (χ2v) is 10.7. The average molecular weight is 493 g/mol. The lowest BCUT2D eigenvalue weighted by molar-refractivity contribution is 0.0695. The molecule has 0 bridgehead atoms. The molecule has 2 aromatic rings. The van der Waals surface area contributed by atoms with Crippen LogP contribution in [0.25, 0.3) is 5.57 Å². The quantitative estimate of drug-likeness (QED) is 0.528. The molecule has 2 atom stereocenters. The van der Waals surface area contributed by atoms with E-state index >= 15 is 0 Å². The number of hydrogen-bond acceptors (Lipinski definition) is 5. The number of nitrogens with one attached hydrogen (secondary N) is 1. The van der Waals surface area contributed by atoms with Gasteiger partial charge in [-0.3, -0.25) is 4.79 Å². The van der Waals surface area contributed by atoms with Crippen LogP contribution in [-0.2, 0) is 11.2 Å². The minimum Gasteiger partial charge on any atom is -0.496 e. The van der Waals surface area contributed by atoms with Gasteiger partial charge in [-0.15, -0.1) is 11.8 Å². The molecule has 0 spiro atoms. The van der Waals surface area contributed by atoms with Gasteiger partial charge in [-0.25, -0.2) is 0 Å². The normalized spacial score (nSPS) is 21.7. The van der Waals surface area contributed by atoms with Gasteiger partial charge in [0.1, 0.15) is 11.2 Å². The van der Waals surface area contributed by atoms with Crippen molar-refractivity contribution in [3.63, 3.8) is 0 Å². The summed E-state index contributed by atoms with van der Waals surface area (Å²) in [5, 5.41) is 3.35. The topological polar surface area (TPSA) is 50.8 Å². The first-order chi connectivity index (χ1) is 16.9. The molecule has 35 heavy (non-hydrogen) atoms. The number of thioether (sulfide) groups is 1. The zero-order valence-corrected chi connectivity index (χ0v) is 22.0. The fraction of sp³-hybridized carbons (Fsp3) is 0.414. The fourth-order valence-electron chi connectivity index (χ4n) is 4.72. The smallest absolute Gasteiger partial charge is 0.252 e. The third-order valence-corrected chi connectivity index (χ3v) is 7.92. The Hall–Kier alpha value is -2.54. The zero-order chi connectivity index (χ0) is 24.8. The molecule has 1 aliphatic carbocycles. The molecule has 6 heteroatoms. The van der Waals surface area contributed by atoms with Crippen LogP contribution >= 0.6 is 11.8 Å². The summed E-state index contributed by atoms with van der Waals surface area (Å²) in [5.74, 6) is 1.67. The van der Waals surface area contributed by atoms with E-state index in [9.17, 15) is 4.79 Å². The van der Waals surface area contributed by atoms with Crippen molar-refractivity contribution in [2.24, 2.45) is 0 Å². The third-order valence-electron chi connectivity index (χ3n) is 6.66. The van der Waals surface area contributed by atoms with Gasteiger partial charge in [0.25, 0.3) is 5.91 Å². The molecule has 1 fully saturated rings. The summed E-state index contributed by atoms with van der Waals surface area (Å²) in [4.78, 5) is 15.7. The van der Waals surface area contributed by atoms with Crippen molar-refractivity contribution < 1.29 is 14.3 Å². The number of hydrogen-bond donors (Lipinski definition) is 1. The van der Waals surface area contributed by atoms with Crippen LogP contribution in [0.2, 0.25) is 0 Å². The van der Waals surface area contributed by atoms with Crippen LogP contribution in [0.1, 0.15) is 39.9 Å². The molecule has 1 saturated heterocycles. The Labute approximate surface area is 213 Å². The minimum atomic E-state index is -0.588. The predicted molar refractivity (Wildman–Crippen MR) is 145 cm³/mol. The van der Waals surface area contributed by atoms with Crippen molar-refractivity contribution in [2.45, 2.75) is 37.2 Å². The number of rotatable bonds is 9. The molecule has 0 saturated carbocycles. The van der Waals surface area contributed by atoms with Crippen molar-refractivity contribution in [2.75, 3.05) is 40.1 Å². The Morgan fingerprint density at radius 1 is 1.26 bits per heavy atom. The SMILES string of the molecule is COc1ccc(C(=O)NC2(C3OCCS3)C=CC(c3ccccc3C)=CC2)cc1CCCN(C)C. The van der Waals surface area contributed by atoms with Crippen LogP contribution in [0.5, 0.6) is 5.75 Å². The number of ether oxygens (including phenoxy) is 2. The number of allylic oxidation sites excluding steroid dienone is 2. The molecule has 0 radical (unpaired) electrons. The average Bonchev–Trinajstić information content (AvgIpc) is 3.41.